The van der Waals surface area contributed by atoms with E-state index in [1.165, 1.54) is 0 Å². The number of amides is 1. The number of imidazole rings is 1. The highest BCUT2D eigenvalue weighted by molar-refractivity contribution is 5.80. The van der Waals surface area contributed by atoms with Gasteiger partial charge in [-0.15, -0.1) is 0 Å². The molecule has 1 atom stereocenters. The van der Waals surface area contributed by atoms with Crippen LogP contribution in [0.5, 0.6) is 0 Å². The van der Waals surface area contributed by atoms with Crippen LogP contribution >= 0.6 is 0 Å². The van der Waals surface area contributed by atoms with Crippen LogP contribution in [-0.4, -0.2) is 54.6 Å². The van der Waals surface area contributed by atoms with Crippen LogP contribution in [0, 0.1) is 0 Å². The highest BCUT2D eigenvalue weighted by atomic mass is 16.2. The fourth-order valence-electron chi connectivity index (χ4n) is 1.75. The fraction of sp³-hybridized carbons (Fsp3) is 0.667. The predicted octanol–water partition coefficient (Wildman–Crippen LogP) is 0.0524. The summed E-state index contributed by atoms with van der Waals surface area (Å²) in [4.78, 5) is 19.6. The van der Waals surface area contributed by atoms with Gasteiger partial charge in [0.05, 0.1) is 17.9 Å². The molecule has 102 valence electrons. The molecule has 1 N–H and O–H groups in total. The number of nitrogens with one attached hydrogen (secondary N) is 1. The minimum absolute atomic E-state index is 0.0741. The Morgan fingerprint density at radius 1 is 1.44 bits per heavy atom. The number of aromatic nitrogens is 2. The summed E-state index contributed by atoms with van der Waals surface area (Å²) in [6.07, 6.45) is 1.83. The lowest BCUT2D eigenvalue weighted by Gasteiger charge is -2.18. The van der Waals surface area contributed by atoms with Crippen molar-refractivity contribution in [3.05, 3.63) is 11.9 Å². The average molecular weight is 253 g/mol. The van der Waals surface area contributed by atoms with Gasteiger partial charge in [-0.2, -0.15) is 0 Å². The Kier molecular flexibility index (Phi) is 4.72. The molecule has 0 aliphatic rings. The molecule has 0 aromatic carbocycles. The molecular formula is C12H23N5O. The monoisotopic (exact) mass is 253 g/mol. The standard InChI is InChI=1S/C12H23N5O/c1-9(11(18)15(2)3)13-7-10-8-14-12(16(4)5)17(10)6/h8-9,13H,7H2,1-6H3. The number of hydrogen-bond acceptors (Lipinski definition) is 4. The van der Waals surface area contributed by atoms with Gasteiger partial charge < -0.3 is 19.7 Å². The molecule has 0 aliphatic heterocycles. The highest BCUT2D eigenvalue weighted by Gasteiger charge is 2.15. The predicted molar refractivity (Wildman–Crippen MR) is 72.5 cm³/mol. The summed E-state index contributed by atoms with van der Waals surface area (Å²) in [5.41, 5.74) is 1.05. The zero-order chi connectivity index (χ0) is 13.9. The van der Waals surface area contributed by atoms with Gasteiger partial charge in [0.2, 0.25) is 11.9 Å². The lowest BCUT2D eigenvalue weighted by molar-refractivity contribution is -0.130. The van der Waals surface area contributed by atoms with Gasteiger partial charge in [0.1, 0.15) is 0 Å². The van der Waals surface area contributed by atoms with E-state index in [4.69, 9.17) is 0 Å². The van der Waals surface area contributed by atoms with E-state index in [1.807, 2.05) is 43.7 Å². The largest absolute Gasteiger partial charge is 0.348 e. The summed E-state index contributed by atoms with van der Waals surface area (Å²) in [5.74, 6) is 0.975. The second-order valence-electron chi connectivity index (χ2n) is 4.84. The quantitative estimate of drug-likeness (QED) is 0.806. The molecule has 0 radical (unpaired) electrons. The van der Waals surface area contributed by atoms with Crippen molar-refractivity contribution in [2.75, 3.05) is 33.1 Å². The van der Waals surface area contributed by atoms with Gasteiger partial charge in [-0.3, -0.25) is 4.79 Å². The van der Waals surface area contributed by atoms with Crippen molar-refractivity contribution in [2.24, 2.45) is 7.05 Å². The first-order valence-electron chi connectivity index (χ1n) is 5.97. The van der Waals surface area contributed by atoms with Crippen LogP contribution in [0.4, 0.5) is 5.95 Å². The number of nitrogens with zero attached hydrogens (tertiary/aromatic N) is 4. The lowest BCUT2D eigenvalue weighted by atomic mass is 10.3. The Balaban J connectivity index is 2.62. The molecule has 18 heavy (non-hydrogen) atoms. The molecule has 0 aliphatic carbocycles. The summed E-state index contributed by atoms with van der Waals surface area (Å²) in [6.45, 7) is 2.49. The minimum Gasteiger partial charge on any atom is -0.348 e. The molecule has 0 saturated carbocycles. The number of likely N-dealkylation sites (N-methyl/N-ethyl adjacent to an activating group) is 1. The molecule has 1 aromatic rings. The normalized spacial score (nSPS) is 12.3. The van der Waals surface area contributed by atoms with Crippen molar-refractivity contribution >= 4 is 11.9 Å². The van der Waals surface area contributed by atoms with E-state index in [0.717, 1.165) is 11.6 Å². The lowest BCUT2D eigenvalue weighted by Crippen LogP contribution is -2.41. The van der Waals surface area contributed by atoms with Crippen molar-refractivity contribution in [1.82, 2.24) is 19.8 Å². The van der Waals surface area contributed by atoms with Crippen LogP contribution in [0.3, 0.4) is 0 Å². The summed E-state index contributed by atoms with van der Waals surface area (Å²) < 4.78 is 2.01. The molecule has 0 spiro atoms. The third kappa shape index (κ3) is 3.22. The molecule has 1 rings (SSSR count). The van der Waals surface area contributed by atoms with E-state index < -0.39 is 0 Å². The first-order chi connectivity index (χ1) is 8.34. The molecule has 6 heteroatoms. The SMILES string of the molecule is CC(NCc1cnc(N(C)C)n1C)C(=O)N(C)C. The van der Waals surface area contributed by atoms with E-state index in [9.17, 15) is 4.79 Å². The van der Waals surface area contributed by atoms with Gasteiger partial charge in [-0.1, -0.05) is 0 Å². The molecule has 1 amide bonds. The third-order valence-corrected chi connectivity index (χ3v) is 2.86. The van der Waals surface area contributed by atoms with Crippen molar-refractivity contribution in [3.63, 3.8) is 0 Å². The van der Waals surface area contributed by atoms with E-state index in [0.29, 0.717) is 6.54 Å². The van der Waals surface area contributed by atoms with Crippen LogP contribution in [0.2, 0.25) is 0 Å². The molecule has 0 fully saturated rings. The van der Waals surface area contributed by atoms with Crippen molar-refractivity contribution in [1.29, 1.82) is 0 Å². The smallest absolute Gasteiger partial charge is 0.238 e. The van der Waals surface area contributed by atoms with E-state index in [2.05, 4.69) is 10.3 Å². The Bertz CT molecular complexity index is 411. The molecular weight excluding hydrogens is 230 g/mol. The van der Waals surface area contributed by atoms with Crippen LogP contribution < -0.4 is 10.2 Å². The van der Waals surface area contributed by atoms with Crippen molar-refractivity contribution in [3.8, 4) is 0 Å². The number of carbonyl (C=O) groups excluding carboxylic acids is 1. The van der Waals surface area contributed by atoms with Crippen LogP contribution in [0.25, 0.3) is 0 Å². The van der Waals surface area contributed by atoms with Gasteiger partial charge in [-0.25, -0.2) is 4.98 Å². The van der Waals surface area contributed by atoms with Crippen molar-refractivity contribution in [2.45, 2.75) is 19.5 Å². The maximum atomic E-state index is 11.7. The Labute approximate surface area is 109 Å². The second-order valence-corrected chi connectivity index (χ2v) is 4.84. The first-order valence-corrected chi connectivity index (χ1v) is 5.97. The Morgan fingerprint density at radius 3 is 2.50 bits per heavy atom. The van der Waals surface area contributed by atoms with E-state index >= 15 is 0 Å². The molecule has 1 heterocycles. The van der Waals surface area contributed by atoms with E-state index in [1.54, 1.807) is 19.0 Å². The Morgan fingerprint density at radius 2 is 2.06 bits per heavy atom. The number of rotatable bonds is 5. The zero-order valence-corrected chi connectivity index (χ0v) is 12.1. The minimum atomic E-state index is -0.197. The summed E-state index contributed by atoms with van der Waals surface area (Å²) in [7, 11) is 9.40. The first kappa shape index (κ1) is 14.5. The van der Waals surface area contributed by atoms with Gasteiger partial charge in [-0.05, 0) is 6.92 Å². The van der Waals surface area contributed by atoms with Gasteiger partial charge in [0.15, 0.2) is 0 Å². The number of anilines is 1. The average Bonchev–Trinajstić information content (AvgIpc) is 2.66. The summed E-state index contributed by atoms with van der Waals surface area (Å²) in [5, 5.41) is 3.20. The maximum absolute atomic E-state index is 11.7. The second kappa shape index (κ2) is 5.86. The number of carbonyl (C=O) groups is 1. The van der Waals surface area contributed by atoms with Gasteiger partial charge in [0, 0.05) is 41.8 Å². The molecule has 0 saturated heterocycles. The summed E-state index contributed by atoms with van der Waals surface area (Å²) >= 11 is 0. The van der Waals surface area contributed by atoms with Crippen LogP contribution in [0.1, 0.15) is 12.6 Å². The molecule has 6 nitrogen and oxygen atoms in total. The highest BCUT2D eigenvalue weighted by Crippen LogP contribution is 2.10. The van der Waals surface area contributed by atoms with Crippen LogP contribution in [0.15, 0.2) is 6.20 Å². The molecule has 0 bridgehead atoms. The van der Waals surface area contributed by atoms with Gasteiger partial charge in [0.25, 0.3) is 0 Å². The maximum Gasteiger partial charge on any atom is 0.238 e. The van der Waals surface area contributed by atoms with E-state index in [-0.39, 0.29) is 11.9 Å². The number of hydrogen-bond donors (Lipinski definition) is 1. The van der Waals surface area contributed by atoms with Crippen molar-refractivity contribution < 1.29 is 4.79 Å². The third-order valence-electron chi connectivity index (χ3n) is 2.86. The Hall–Kier alpha value is -1.56. The summed E-state index contributed by atoms with van der Waals surface area (Å²) in [6, 6.07) is -0.197. The fourth-order valence-corrected chi connectivity index (χ4v) is 1.75. The topological polar surface area (TPSA) is 53.4 Å². The van der Waals surface area contributed by atoms with Crippen LogP contribution in [-0.2, 0) is 18.4 Å². The zero-order valence-electron chi connectivity index (χ0n) is 12.1. The molecule has 1 aromatic heterocycles. The van der Waals surface area contributed by atoms with Gasteiger partial charge >= 0.3 is 0 Å². The molecule has 1 unspecified atom stereocenters.